The monoisotopic (exact) mass is 353 g/mol. The average Bonchev–Trinajstić information content (AvgIpc) is 2.83. The van der Waals surface area contributed by atoms with Gasteiger partial charge in [0.05, 0.1) is 3.79 Å². The number of amides is 1. The van der Waals surface area contributed by atoms with Crippen molar-refractivity contribution >= 4 is 33.2 Å². The number of halogens is 1. The second-order valence-corrected chi connectivity index (χ2v) is 6.90. The van der Waals surface area contributed by atoms with Crippen molar-refractivity contribution in [2.45, 2.75) is 13.1 Å². The number of nitrogens with one attached hydrogen (secondary N) is 1. The molecule has 4 nitrogen and oxygen atoms in total. The molecule has 106 valence electrons. The lowest BCUT2D eigenvalue weighted by Gasteiger charge is -2.16. The van der Waals surface area contributed by atoms with Crippen molar-refractivity contribution < 1.29 is 4.79 Å². The van der Waals surface area contributed by atoms with E-state index in [1.807, 2.05) is 18.2 Å². The summed E-state index contributed by atoms with van der Waals surface area (Å²) < 4.78 is 1.14. The van der Waals surface area contributed by atoms with Crippen molar-refractivity contribution in [1.29, 1.82) is 0 Å². The van der Waals surface area contributed by atoms with Gasteiger partial charge in [-0.2, -0.15) is 0 Å². The average molecular weight is 354 g/mol. The van der Waals surface area contributed by atoms with E-state index in [9.17, 15) is 4.79 Å². The summed E-state index contributed by atoms with van der Waals surface area (Å²) in [5.74, 6) is 4.88. The summed E-state index contributed by atoms with van der Waals surface area (Å²) in [6.07, 6.45) is 0. The van der Waals surface area contributed by atoms with E-state index in [4.69, 9.17) is 5.84 Å². The minimum Gasteiger partial charge on any atom is -0.298 e. The van der Waals surface area contributed by atoms with Crippen LogP contribution in [0.4, 0.5) is 0 Å². The number of rotatable bonds is 5. The lowest BCUT2D eigenvalue weighted by atomic mass is 10.1. The van der Waals surface area contributed by atoms with Crippen molar-refractivity contribution in [3.63, 3.8) is 0 Å². The van der Waals surface area contributed by atoms with Crippen LogP contribution in [0.1, 0.15) is 21.5 Å². The number of hydrogen-bond donors (Lipinski definition) is 2. The number of carbonyl (C=O) groups excluding carboxylic acids is 1. The lowest BCUT2D eigenvalue weighted by molar-refractivity contribution is 0.0953. The highest BCUT2D eigenvalue weighted by atomic mass is 79.9. The molecule has 3 N–H and O–H groups in total. The third kappa shape index (κ3) is 4.14. The summed E-state index contributed by atoms with van der Waals surface area (Å²) in [5.41, 5.74) is 5.09. The van der Waals surface area contributed by atoms with Crippen LogP contribution < -0.4 is 11.3 Å². The molecule has 0 aliphatic rings. The van der Waals surface area contributed by atoms with Gasteiger partial charge in [-0.05, 0) is 57.7 Å². The molecule has 20 heavy (non-hydrogen) atoms. The van der Waals surface area contributed by atoms with Gasteiger partial charge in [-0.3, -0.25) is 15.1 Å². The van der Waals surface area contributed by atoms with Gasteiger partial charge in [0, 0.05) is 18.7 Å². The molecule has 0 spiro atoms. The molecule has 0 radical (unpaired) electrons. The van der Waals surface area contributed by atoms with Crippen molar-refractivity contribution in [3.8, 4) is 0 Å². The van der Waals surface area contributed by atoms with Gasteiger partial charge in [0.2, 0.25) is 0 Å². The van der Waals surface area contributed by atoms with Gasteiger partial charge in [-0.1, -0.05) is 12.1 Å². The highest BCUT2D eigenvalue weighted by Crippen LogP contribution is 2.22. The van der Waals surface area contributed by atoms with Gasteiger partial charge in [-0.25, -0.2) is 5.84 Å². The minimum absolute atomic E-state index is 0.267. The number of nitrogens with zero attached hydrogens (tertiary/aromatic N) is 1. The first kappa shape index (κ1) is 15.2. The largest absolute Gasteiger partial charge is 0.298 e. The smallest absolute Gasteiger partial charge is 0.265 e. The van der Waals surface area contributed by atoms with Gasteiger partial charge in [0.1, 0.15) is 0 Å². The van der Waals surface area contributed by atoms with Gasteiger partial charge in [0.15, 0.2) is 0 Å². The molecule has 1 aromatic heterocycles. The highest BCUT2D eigenvalue weighted by molar-refractivity contribution is 9.11. The Morgan fingerprint density at radius 1 is 1.35 bits per heavy atom. The van der Waals surface area contributed by atoms with E-state index >= 15 is 0 Å². The van der Waals surface area contributed by atoms with Crippen LogP contribution in [0.25, 0.3) is 0 Å². The third-order valence-electron chi connectivity index (χ3n) is 2.85. The summed E-state index contributed by atoms with van der Waals surface area (Å²) in [6.45, 7) is 1.65. The fourth-order valence-electron chi connectivity index (χ4n) is 2.00. The lowest BCUT2D eigenvalue weighted by Crippen LogP contribution is -2.30. The SMILES string of the molecule is CN(Cc1cccc(C(=O)NN)c1)Cc1csc(Br)c1. The van der Waals surface area contributed by atoms with E-state index in [1.165, 1.54) is 5.56 Å². The van der Waals surface area contributed by atoms with E-state index in [1.54, 1.807) is 17.4 Å². The molecule has 0 fully saturated rings. The summed E-state index contributed by atoms with van der Waals surface area (Å²) in [7, 11) is 2.06. The van der Waals surface area contributed by atoms with Crippen molar-refractivity contribution in [1.82, 2.24) is 10.3 Å². The molecule has 0 saturated carbocycles. The molecule has 0 aliphatic carbocycles. The van der Waals surface area contributed by atoms with Gasteiger partial charge in [-0.15, -0.1) is 11.3 Å². The predicted molar refractivity (Wildman–Crippen MR) is 85.3 cm³/mol. The normalized spacial score (nSPS) is 10.8. The molecule has 0 saturated heterocycles. The van der Waals surface area contributed by atoms with E-state index < -0.39 is 0 Å². The van der Waals surface area contributed by atoms with Crippen LogP contribution in [-0.2, 0) is 13.1 Å². The quantitative estimate of drug-likeness (QED) is 0.493. The number of nitrogen functional groups attached to an aromatic ring is 1. The maximum absolute atomic E-state index is 11.5. The van der Waals surface area contributed by atoms with Crippen molar-refractivity contribution in [2.24, 2.45) is 5.84 Å². The number of hydrogen-bond acceptors (Lipinski definition) is 4. The number of nitrogens with two attached hydrogens (primary N) is 1. The molecule has 1 aromatic carbocycles. The molecule has 0 aliphatic heterocycles. The summed E-state index contributed by atoms with van der Waals surface area (Å²) in [6, 6.07) is 9.62. The zero-order valence-electron chi connectivity index (χ0n) is 11.1. The van der Waals surface area contributed by atoms with Crippen LogP contribution in [0.3, 0.4) is 0 Å². The first-order valence-electron chi connectivity index (χ1n) is 6.10. The van der Waals surface area contributed by atoms with Crippen LogP contribution in [0.15, 0.2) is 39.5 Å². The number of benzene rings is 1. The summed E-state index contributed by atoms with van der Waals surface area (Å²) >= 11 is 5.15. The van der Waals surface area contributed by atoms with Gasteiger partial charge < -0.3 is 0 Å². The Morgan fingerprint density at radius 2 is 2.10 bits per heavy atom. The summed E-state index contributed by atoms with van der Waals surface area (Å²) in [5, 5.41) is 2.14. The third-order valence-corrected chi connectivity index (χ3v) is 4.40. The van der Waals surface area contributed by atoms with Crippen LogP contribution >= 0.6 is 27.3 Å². The Balaban J connectivity index is 2.00. The molecule has 2 aromatic rings. The van der Waals surface area contributed by atoms with E-state index in [-0.39, 0.29) is 5.91 Å². The Morgan fingerprint density at radius 3 is 2.75 bits per heavy atom. The zero-order chi connectivity index (χ0) is 14.5. The highest BCUT2D eigenvalue weighted by Gasteiger charge is 2.07. The Hall–Kier alpha value is -1.21. The Kier molecular flexibility index (Phi) is 5.31. The fraction of sp³-hybridized carbons (Fsp3) is 0.214. The van der Waals surface area contributed by atoms with Gasteiger partial charge >= 0.3 is 0 Å². The van der Waals surface area contributed by atoms with Crippen LogP contribution in [0.5, 0.6) is 0 Å². The fourth-order valence-corrected chi connectivity index (χ4v) is 3.20. The molecule has 1 heterocycles. The van der Waals surface area contributed by atoms with E-state index in [0.717, 1.165) is 22.4 Å². The molecule has 0 atom stereocenters. The van der Waals surface area contributed by atoms with Crippen LogP contribution in [0.2, 0.25) is 0 Å². The summed E-state index contributed by atoms with van der Waals surface area (Å²) in [4.78, 5) is 13.7. The first-order chi connectivity index (χ1) is 9.58. The maximum atomic E-state index is 11.5. The maximum Gasteiger partial charge on any atom is 0.265 e. The number of thiophene rings is 1. The minimum atomic E-state index is -0.267. The second kappa shape index (κ2) is 6.99. The van der Waals surface area contributed by atoms with Crippen molar-refractivity contribution in [2.75, 3.05) is 7.05 Å². The molecule has 0 unspecified atom stereocenters. The second-order valence-electron chi connectivity index (χ2n) is 4.61. The van der Waals surface area contributed by atoms with Crippen molar-refractivity contribution in [3.05, 3.63) is 56.2 Å². The van der Waals surface area contributed by atoms with Gasteiger partial charge in [0.25, 0.3) is 5.91 Å². The molecule has 0 bridgehead atoms. The number of hydrazine groups is 1. The van der Waals surface area contributed by atoms with E-state index in [0.29, 0.717) is 5.56 Å². The first-order valence-corrected chi connectivity index (χ1v) is 7.77. The molecular weight excluding hydrogens is 338 g/mol. The van der Waals surface area contributed by atoms with E-state index in [2.05, 4.69) is 44.7 Å². The molecule has 2 rings (SSSR count). The molecule has 1 amide bonds. The predicted octanol–water partition coefficient (Wildman–Crippen LogP) is 2.75. The Labute approximate surface area is 130 Å². The zero-order valence-corrected chi connectivity index (χ0v) is 13.5. The van der Waals surface area contributed by atoms with Crippen LogP contribution in [0, 0.1) is 0 Å². The topological polar surface area (TPSA) is 58.4 Å². The van der Waals surface area contributed by atoms with Crippen LogP contribution in [-0.4, -0.2) is 17.9 Å². The standard InChI is InChI=1S/C14H16BrN3OS/c1-18(8-11-6-13(15)20-9-11)7-10-3-2-4-12(5-10)14(19)17-16/h2-6,9H,7-8,16H2,1H3,(H,17,19). The Bertz CT molecular complexity index is 600. The molecule has 6 heteroatoms. The molecular formula is C14H16BrN3OS. The number of carbonyl (C=O) groups is 1.